The zero-order valence-electron chi connectivity index (χ0n) is 21.9. The van der Waals surface area contributed by atoms with Crippen LogP contribution in [0.1, 0.15) is 146 Å². The van der Waals surface area contributed by atoms with Gasteiger partial charge in [0.1, 0.15) is 0 Å². The van der Waals surface area contributed by atoms with Crippen LogP contribution >= 0.6 is 0 Å². The molecular weight excluding hydrogens is 336 g/mol. The van der Waals surface area contributed by atoms with Gasteiger partial charge in [-0.15, -0.1) is 0 Å². The van der Waals surface area contributed by atoms with Gasteiger partial charge in [-0.3, -0.25) is 0 Å². The summed E-state index contributed by atoms with van der Waals surface area (Å²) in [5.74, 6) is 6.02. The molecule has 3 fully saturated rings. The molecule has 0 radical (unpaired) electrons. The molecule has 0 aromatic carbocycles. The summed E-state index contributed by atoms with van der Waals surface area (Å²) in [5, 5.41) is 0. The standard InChI is InChI=1S/3C8H16.2C2H6/c3*1-7-5-3-4-6-8(7)2;2*1-2/h3*7-8H,3-6H2,1-2H3;2*1-2H3/t3*7-,8-;;/m000../s1. The highest BCUT2D eigenvalue weighted by Crippen LogP contribution is 2.29. The van der Waals surface area contributed by atoms with Gasteiger partial charge in [0.15, 0.2) is 0 Å². The van der Waals surface area contributed by atoms with Crippen molar-refractivity contribution in [2.24, 2.45) is 35.5 Å². The summed E-state index contributed by atoms with van der Waals surface area (Å²) in [6.45, 7) is 22.3. The Bertz CT molecular complexity index is 217. The third-order valence-corrected chi connectivity index (χ3v) is 7.62. The van der Waals surface area contributed by atoms with Gasteiger partial charge in [0.25, 0.3) is 0 Å². The van der Waals surface area contributed by atoms with Crippen LogP contribution in [0.25, 0.3) is 0 Å². The highest BCUT2D eigenvalue weighted by Gasteiger charge is 2.16. The van der Waals surface area contributed by atoms with Crippen molar-refractivity contribution in [2.75, 3.05) is 0 Å². The Hall–Kier alpha value is 0. The fourth-order valence-corrected chi connectivity index (χ4v) is 4.50. The fraction of sp³-hybridized carbons (Fsp3) is 1.00. The number of rotatable bonds is 0. The number of hydrogen-bond acceptors (Lipinski definition) is 0. The monoisotopic (exact) mass is 396 g/mol. The van der Waals surface area contributed by atoms with Crippen molar-refractivity contribution in [1.29, 1.82) is 0 Å². The molecule has 3 aliphatic carbocycles. The summed E-state index contributed by atoms with van der Waals surface area (Å²) >= 11 is 0. The van der Waals surface area contributed by atoms with E-state index in [0.29, 0.717) is 0 Å². The summed E-state index contributed by atoms with van der Waals surface area (Å²) in [5.41, 5.74) is 0. The van der Waals surface area contributed by atoms with Gasteiger partial charge < -0.3 is 0 Å². The van der Waals surface area contributed by atoms with Crippen molar-refractivity contribution < 1.29 is 0 Å². The van der Waals surface area contributed by atoms with Crippen molar-refractivity contribution in [1.82, 2.24) is 0 Å². The molecule has 0 nitrogen and oxygen atoms in total. The van der Waals surface area contributed by atoms with Crippen LogP contribution < -0.4 is 0 Å². The Balaban J connectivity index is 0. The van der Waals surface area contributed by atoms with Crippen LogP contribution in [0.15, 0.2) is 0 Å². The van der Waals surface area contributed by atoms with Gasteiger partial charge in [-0.25, -0.2) is 0 Å². The van der Waals surface area contributed by atoms with Gasteiger partial charge in [0.2, 0.25) is 0 Å². The average molecular weight is 397 g/mol. The molecule has 172 valence electrons. The van der Waals surface area contributed by atoms with Crippen LogP contribution in [0.4, 0.5) is 0 Å². The van der Waals surface area contributed by atoms with Crippen LogP contribution in [0, 0.1) is 35.5 Å². The molecule has 3 aliphatic rings. The molecule has 0 aliphatic heterocycles. The van der Waals surface area contributed by atoms with Gasteiger partial charge in [-0.1, -0.05) is 146 Å². The maximum Gasteiger partial charge on any atom is -0.0417 e. The first kappa shape index (κ1) is 30.2. The minimum Gasteiger partial charge on any atom is -0.0683 e. The lowest BCUT2D eigenvalue weighted by Crippen LogP contribution is -2.12. The van der Waals surface area contributed by atoms with E-state index in [1.165, 1.54) is 77.0 Å². The van der Waals surface area contributed by atoms with Crippen molar-refractivity contribution in [3.8, 4) is 0 Å². The minimum absolute atomic E-state index is 1.00. The molecule has 0 aromatic heterocycles. The molecule has 0 unspecified atom stereocenters. The van der Waals surface area contributed by atoms with E-state index in [0.717, 1.165) is 35.5 Å². The molecule has 0 saturated heterocycles. The lowest BCUT2D eigenvalue weighted by molar-refractivity contribution is 0.277. The smallest absolute Gasteiger partial charge is 0.0417 e. The van der Waals surface area contributed by atoms with Gasteiger partial charge in [0.05, 0.1) is 0 Å². The molecule has 28 heavy (non-hydrogen) atoms. The molecule has 0 heteroatoms. The molecule has 0 N–H and O–H groups in total. The predicted molar refractivity (Wildman–Crippen MR) is 133 cm³/mol. The second-order valence-corrected chi connectivity index (χ2v) is 9.72. The Kier molecular flexibility index (Phi) is 21.9. The summed E-state index contributed by atoms with van der Waals surface area (Å²) in [6, 6.07) is 0. The molecular formula is C28H60. The second-order valence-electron chi connectivity index (χ2n) is 9.72. The first-order valence-corrected chi connectivity index (χ1v) is 13.4. The van der Waals surface area contributed by atoms with Gasteiger partial charge in [-0.05, 0) is 35.5 Å². The van der Waals surface area contributed by atoms with Crippen molar-refractivity contribution in [3.63, 3.8) is 0 Å². The Morgan fingerprint density at radius 1 is 0.286 bits per heavy atom. The van der Waals surface area contributed by atoms with Gasteiger partial charge in [0, 0.05) is 0 Å². The summed E-state index contributed by atoms with van der Waals surface area (Å²) in [7, 11) is 0. The molecule has 0 spiro atoms. The van der Waals surface area contributed by atoms with Crippen LogP contribution in [0.2, 0.25) is 0 Å². The van der Waals surface area contributed by atoms with E-state index in [-0.39, 0.29) is 0 Å². The summed E-state index contributed by atoms with van der Waals surface area (Å²) < 4.78 is 0. The second kappa shape index (κ2) is 20.3. The molecule has 3 rings (SSSR count). The highest BCUT2D eigenvalue weighted by atomic mass is 14.2. The van der Waals surface area contributed by atoms with E-state index in [1.807, 2.05) is 27.7 Å². The summed E-state index contributed by atoms with van der Waals surface area (Å²) in [6.07, 6.45) is 17.7. The van der Waals surface area contributed by atoms with E-state index >= 15 is 0 Å². The highest BCUT2D eigenvalue weighted by molar-refractivity contribution is 4.68. The van der Waals surface area contributed by atoms with Crippen molar-refractivity contribution in [3.05, 3.63) is 0 Å². The molecule has 6 atom stereocenters. The Morgan fingerprint density at radius 2 is 0.393 bits per heavy atom. The quantitative estimate of drug-likeness (QED) is 0.382. The first-order valence-electron chi connectivity index (χ1n) is 13.4. The average Bonchev–Trinajstić information content (AvgIpc) is 2.73. The van der Waals surface area contributed by atoms with E-state index in [9.17, 15) is 0 Å². The molecule has 0 bridgehead atoms. The fourth-order valence-electron chi connectivity index (χ4n) is 4.50. The third kappa shape index (κ3) is 14.9. The molecule has 0 heterocycles. The molecule has 3 saturated carbocycles. The van der Waals surface area contributed by atoms with Gasteiger partial charge >= 0.3 is 0 Å². The third-order valence-electron chi connectivity index (χ3n) is 7.62. The maximum absolute atomic E-state index is 2.38. The van der Waals surface area contributed by atoms with E-state index in [4.69, 9.17) is 0 Å². The largest absolute Gasteiger partial charge is 0.0683 e. The SMILES string of the molecule is CC.CC.C[C@H]1CCCC[C@@H]1C.C[C@H]1CCCC[C@@H]1C.C[C@H]1CCCC[C@@H]1C. The van der Waals surface area contributed by atoms with Crippen LogP contribution in [0.3, 0.4) is 0 Å². The van der Waals surface area contributed by atoms with E-state index in [2.05, 4.69) is 41.5 Å². The van der Waals surface area contributed by atoms with Crippen molar-refractivity contribution in [2.45, 2.75) is 146 Å². The lowest BCUT2D eigenvalue weighted by atomic mass is 9.82. The van der Waals surface area contributed by atoms with Crippen LogP contribution in [-0.4, -0.2) is 0 Å². The van der Waals surface area contributed by atoms with E-state index < -0.39 is 0 Å². The molecule has 0 aromatic rings. The maximum atomic E-state index is 2.38. The predicted octanol–water partition coefficient (Wildman–Crippen LogP) is 10.6. The zero-order chi connectivity index (χ0) is 21.9. The van der Waals surface area contributed by atoms with Gasteiger partial charge in [-0.2, -0.15) is 0 Å². The first-order chi connectivity index (χ1) is 13.4. The lowest BCUT2D eigenvalue weighted by Gasteiger charge is -2.24. The topological polar surface area (TPSA) is 0 Å². The van der Waals surface area contributed by atoms with Crippen LogP contribution in [-0.2, 0) is 0 Å². The Labute approximate surface area is 182 Å². The zero-order valence-corrected chi connectivity index (χ0v) is 21.9. The number of hydrogen-bond donors (Lipinski definition) is 0. The summed E-state index contributed by atoms with van der Waals surface area (Å²) in [4.78, 5) is 0. The van der Waals surface area contributed by atoms with E-state index in [1.54, 1.807) is 0 Å². The minimum atomic E-state index is 1.00. The van der Waals surface area contributed by atoms with Crippen LogP contribution in [0.5, 0.6) is 0 Å². The van der Waals surface area contributed by atoms with Crippen molar-refractivity contribution >= 4 is 0 Å². The Morgan fingerprint density at radius 3 is 0.464 bits per heavy atom. The normalized spacial score (nSPS) is 34.5. The molecule has 0 amide bonds.